The van der Waals surface area contributed by atoms with Crippen LogP contribution in [0.25, 0.3) is 11.4 Å². The highest BCUT2D eigenvalue weighted by Gasteiger charge is 2.29. The number of hydrogen-bond acceptors (Lipinski definition) is 7. The van der Waals surface area contributed by atoms with Crippen LogP contribution in [0.2, 0.25) is 0 Å². The molecule has 10 heteroatoms. The summed E-state index contributed by atoms with van der Waals surface area (Å²) in [7, 11) is 1.98. The first-order valence-electron chi connectivity index (χ1n) is 12.6. The molecule has 0 spiro atoms. The van der Waals surface area contributed by atoms with Gasteiger partial charge in [-0.25, -0.2) is 14.8 Å². The van der Waals surface area contributed by atoms with Crippen molar-refractivity contribution in [2.75, 3.05) is 43.1 Å². The van der Waals surface area contributed by atoms with Gasteiger partial charge in [-0.05, 0) is 50.6 Å². The summed E-state index contributed by atoms with van der Waals surface area (Å²) < 4.78 is 7.63. The van der Waals surface area contributed by atoms with E-state index in [1.165, 1.54) is 11.3 Å². The van der Waals surface area contributed by atoms with E-state index >= 15 is 0 Å². The molecule has 190 valence electrons. The van der Waals surface area contributed by atoms with E-state index in [-0.39, 0.29) is 12.1 Å². The number of anilines is 2. The zero-order chi connectivity index (χ0) is 25.1. The highest BCUT2D eigenvalue weighted by Crippen LogP contribution is 2.32. The fourth-order valence-electron chi connectivity index (χ4n) is 4.83. The quantitative estimate of drug-likeness (QED) is 0.548. The lowest BCUT2D eigenvalue weighted by molar-refractivity contribution is 0.0983. The molecule has 0 radical (unpaired) electrons. The maximum atomic E-state index is 11.9. The topological polar surface area (TPSA) is 100 Å². The number of morpholine rings is 1. The minimum absolute atomic E-state index is 0.215. The van der Waals surface area contributed by atoms with E-state index < -0.39 is 0 Å². The van der Waals surface area contributed by atoms with Gasteiger partial charge in [0.15, 0.2) is 5.82 Å². The van der Waals surface area contributed by atoms with Gasteiger partial charge in [0, 0.05) is 62.8 Å². The number of rotatable bonds is 6. The fourth-order valence-corrected chi connectivity index (χ4v) is 4.83. The van der Waals surface area contributed by atoms with Gasteiger partial charge in [-0.2, -0.15) is 5.10 Å². The lowest BCUT2D eigenvalue weighted by Crippen LogP contribution is -2.45. The third-order valence-corrected chi connectivity index (χ3v) is 6.81. The maximum absolute atomic E-state index is 11.9. The number of fused-ring (bicyclic) bond motifs is 1. The summed E-state index contributed by atoms with van der Waals surface area (Å²) in [5, 5.41) is 9.90. The van der Waals surface area contributed by atoms with Gasteiger partial charge >= 0.3 is 6.03 Å². The molecule has 1 fully saturated rings. The van der Waals surface area contributed by atoms with Crippen molar-refractivity contribution in [1.82, 2.24) is 30.0 Å². The molecule has 1 atom stereocenters. The minimum Gasteiger partial charge on any atom is -0.377 e. The maximum Gasteiger partial charge on any atom is 0.319 e. The van der Waals surface area contributed by atoms with Gasteiger partial charge in [-0.1, -0.05) is 0 Å². The van der Waals surface area contributed by atoms with Gasteiger partial charge < -0.3 is 20.3 Å². The van der Waals surface area contributed by atoms with Crippen molar-refractivity contribution in [3.63, 3.8) is 0 Å². The largest absolute Gasteiger partial charge is 0.377 e. The first-order chi connectivity index (χ1) is 17.5. The highest BCUT2D eigenvalue weighted by atomic mass is 16.5. The molecular formula is C26H34N8O2. The van der Waals surface area contributed by atoms with E-state index in [0.29, 0.717) is 25.6 Å². The zero-order valence-electron chi connectivity index (χ0n) is 21.2. The highest BCUT2D eigenvalue weighted by molar-refractivity contribution is 5.89. The number of urea groups is 1. The molecule has 3 aromatic rings. The number of nitrogens with one attached hydrogen (secondary N) is 2. The molecule has 0 aliphatic carbocycles. The van der Waals surface area contributed by atoms with Crippen molar-refractivity contribution >= 4 is 17.5 Å². The molecule has 2 N–H and O–H groups in total. The summed E-state index contributed by atoms with van der Waals surface area (Å²) in [6.07, 6.45) is 2.75. The van der Waals surface area contributed by atoms with Crippen LogP contribution in [0.3, 0.4) is 0 Å². The Labute approximate surface area is 211 Å². The molecule has 2 amide bonds. The molecule has 0 bridgehead atoms. The monoisotopic (exact) mass is 490 g/mol. The van der Waals surface area contributed by atoms with E-state index in [2.05, 4.69) is 38.5 Å². The number of carbonyl (C=O) groups excluding carboxylic acids is 1. The second-order valence-electron chi connectivity index (χ2n) is 9.38. The first-order valence-corrected chi connectivity index (χ1v) is 12.6. The van der Waals surface area contributed by atoms with Gasteiger partial charge in [0.05, 0.1) is 30.6 Å². The van der Waals surface area contributed by atoms with Crippen LogP contribution < -0.4 is 15.5 Å². The number of carbonyl (C=O) groups is 1. The summed E-state index contributed by atoms with van der Waals surface area (Å²) in [6, 6.07) is 9.81. The number of ether oxygens (including phenoxy) is 1. The van der Waals surface area contributed by atoms with E-state index in [1.807, 2.05) is 49.1 Å². The average Bonchev–Trinajstić information content (AvgIpc) is 3.28. The van der Waals surface area contributed by atoms with E-state index in [0.717, 1.165) is 55.4 Å². The van der Waals surface area contributed by atoms with Crippen molar-refractivity contribution in [2.45, 2.75) is 39.4 Å². The molecule has 1 aromatic carbocycles. The first kappa shape index (κ1) is 24.2. The molecule has 4 heterocycles. The molecule has 2 aliphatic heterocycles. The summed E-state index contributed by atoms with van der Waals surface area (Å²) in [5.41, 5.74) is 5.15. The molecule has 0 saturated carbocycles. The zero-order valence-corrected chi connectivity index (χ0v) is 21.2. The van der Waals surface area contributed by atoms with Crippen LogP contribution in [0.5, 0.6) is 0 Å². The summed E-state index contributed by atoms with van der Waals surface area (Å²) in [5.74, 6) is 1.73. The number of aromatic nitrogens is 4. The van der Waals surface area contributed by atoms with Crippen LogP contribution in [0.4, 0.5) is 16.3 Å². The SMILES string of the molecule is CCNC(=O)Nc1ccc(-c2nc3c(c(N4CCOCC4C)n2)CCN(Cc2ccnn2C)C3)cc1. The Morgan fingerprint density at radius 3 is 2.72 bits per heavy atom. The molecule has 1 saturated heterocycles. The molecule has 1 unspecified atom stereocenters. The van der Waals surface area contributed by atoms with Crippen LogP contribution in [-0.2, 0) is 31.3 Å². The normalized spacial score (nSPS) is 18.1. The predicted molar refractivity (Wildman–Crippen MR) is 139 cm³/mol. The van der Waals surface area contributed by atoms with Crippen LogP contribution in [0, 0.1) is 0 Å². The molecule has 36 heavy (non-hydrogen) atoms. The number of amides is 2. The van der Waals surface area contributed by atoms with Crippen molar-refractivity contribution in [1.29, 1.82) is 0 Å². The molecular weight excluding hydrogens is 456 g/mol. The van der Waals surface area contributed by atoms with Gasteiger partial charge in [-0.3, -0.25) is 9.58 Å². The number of nitrogens with zero attached hydrogens (tertiary/aromatic N) is 6. The predicted octanol–water partition coefficient (Wildman–Crippen LogP) is 2.80. The van der Waals surface area contributed by atoms with Crippen molar-refractivity contribution in [2.24, 2.45) is 7.05 Å². The summed E-state index contributed by atoms with van der Waals surface area (Å²) in [4.78, 5) is 26.8. The van der Waals surface area contributed by atoms with E-state index in [4.69, 9.17) is 14.7 Å². The van der Waals surface area contributed by atoms with Crippen LogP contribution in [-0.4, -0.2) is 69.6 Å². The smallest absolute Gasteiger partial charge is 0.319 e. The Balaban J connectivity index is 1.46. The summed E-state index contributed by atoms with van der Waals surface area (Å²) >= 11 is 0. The van der Waals surface area contributed by atoms with Gasteiger partial charge in [0.2, 0.25) is 0 Å². The Hall–Kier alpha value is -3.50. The summed E-state index contributed by atoms with van der Waals surface area (Å²) in [6.45, 7) is 9.41. The second-order valence-corrected chi connectivity index (χ2v) is 9.38. The third-order valence-electron chi connectivity index (χ3n) is 6.81. The molecule has 2 aromatic heterocycles. The van der Waals surface area contributed by atoms with Crippen LogP contribution in [0.15, 0.2) is 36.5 Å². The molecule has 5 rings (SSSR count). The lowest BCUT2D eigenvalue weighted by atomic mass is 10.0. The van der Waals surface area contributed by atoms with Crippen molar-refractivity contribution in [3.8, 4) is 11.4 Å². The number of hydrogen-bond donors (Lipinski definition) is 2. The van der Waals surface area contributed by atoms with Gasteiger partial charge in [-0.15, -0.1) is 0 Å². The second kappa shape index (κ2) is 10.6. The van der Waals surface area contributed by atoms with Crippen molar-refractivity contribution < 1.29 is 9.53 Å². The number of benzene rings is 1. The standard InChI is InChI=1S/C26H34N8O2/c1-4-27-26(35)29-20-7-5-19(6-8-20)24-30-23-16-33(15-21-9-11-28-32(21)3)12-10-22(23)25(31-24)34-13-14-36-17-18(34)2/h5-9,11,18H,4,10,12-17H2,1-3H3,(H2,27,29,35). The Morgan fingerprint density at radius 2 is 2.00 bits per heavy atom. The van der Waals surface area contributed by atoms with Gasteiger partial charge in [0.1, 0.15) is 5.82 Å². The fraction of sp³-hybridized carbons (Fsp3) is 0.462. The van der Waals surface area contributed by atoms with E-state index in [9.17, 15) is 4.79 Å². The average molecular weight is 491 g/mol. The third kappa shape index (κ3) is 5.19. The van der Waals surface area contributed by atoms with Crippen LogP contribution >= 0.6 is 0 Å². The molecule has 10 nitrogen and oxygen atoms in total. The van der Waals surface area contributed by atoms with Crippen LogP contribution in [0.1, 0.15) is 30.8 Å². The van der Waals surface area contributed by atoms with Gasteiger partial charge in [0.25, 0.3) is 0 Å². The van der Waals surface area contributed by atoms with Crippen molar-refractivity contribution in [3.05, 3.63) is 53.5 Å². The Bertz CT molecular complexity index is 1210. The number of aryl methyl sites for hydroxylation is 1. The Morgan fingerprint density at radius 1 is 1.17 bits per heavy atom. The minimum atomic E-state index is -0.215. The van der Waals surface area contributed by atoms with E-state index in [1.54, 1.807) is 0 Å². The lowest BCUT2D eigenvalue weighted by Gasteiger charge is -2.37. The Kier molecular flexibility index (Phi) is 7.15. The molecule has 2 aliphatic rings.